The van der Waals surface area contributed by atoms with Crippen LogP contribution in [0, 0.1) is 12.3 Å². The first-order valence-corrected chi connectivity index (χ1v) is 12.8. The Balaban J connectivity index is 2.19. The number of aliphatic hydroxyl groups excluding tert-OH is 2. The molecule has 0 radical (unpaired) electrons. The van der Waals surface area contributed by atoms with Crippen molar-refractivity contribution in [2.75, 3.05) is 20.2 Å². The molecular formula is C21H28FN2O15P. The van der Waals surface area contributed by atoms with Crippen LogP contribution in [-0.2, 0) is 47.5 Å². The Morgan fingerprint density at radius 1 is 1.15 bits per heavy atom. The quantitative estimate of drug-likeness (QED) is 0.121. The number of aromatic nitrogens is 2. The Morgan fingerprint density at radius 2 is 1.68 bits per heavy atom. The van der Waals surface area contributed by atoms with Crippen molar-refractivity contribution in [1.29, 1.82) is 0 Å². The fourth-order valence-electron chi connectivity index (χ4n) is 3.08. The van der Waals surface area contributed by atoms with Crippen LogP contribution in [0.25, 0.3) is 0 Å². The van der Waals surface area contributed by atoms with Gasteiger partial charge in [-0.3, -0.25) is 18.9 Å². The maximum Gasteiger partial charge on any atom is 0.510 e. The third-order valence-electron chi connectivity index (χ3n) is 4.74. The van der Waals surface area contributed by atoms with Gasteiger partial charge in [-0.1, -0.05) is 5.92 Å². The van der Waals surface area contributed by atoms with Crippen molar-refractivity contribution in [2.45, 2.75) is 63.7 Å². The van der Waals surface area contributed by atoms with Crippen molar-refractivity contribution in [1.82, 2.24) is 9.55 Å². The number of halogens is 1. The summed E-state index contributed by atoms with van der Waals surface area (Å²) in [4.78, 5) is 48.5. The Labute approximate surface area is 225 Å². The predicted octanol–water partition coefficient (Wildman–Crippen LogP) is 0.436. The molecule has 1 aliphatic rings. The molecule has 2 rings (SSSR count). The van der Waals surface area contributed by atoms with Crippen LogP contribution in [-0.4, -0.2) is 82.5 Å². The molecule has 2 heterocycles. The second-order valence-electron chi connectivity index (χ2n) is 8.43. The molecule has 0 amide bonds. The summed E-state index contributed by atoms with van der Waals surface area (Å²) in [6.45, 7) is 2.34. The summed E-state index contributed by atoms with van der Waals surface area (Å²) >= 11 is 0. The lowest BCUT2D eigenvalue weighted by Gasteiger charge is -2.56. The maximum atomic E-state index is 15.5. The average molecular weight is 598 g/mol. The van der Waals surface area contributed by atoms with Gasteiger partial charge in [0, 0.05) is 12.3 Å². The van der Waals surface area contributed by atoms with E-state index in [2.05, 4.69) is 18.9 Å². The topological polar surface area (TPSA) is 220 Å². The number of aromatic amines is 1. The summed E-state index contributed by atoms with van der Waals surface area (Å²) in [7, 11) is -4.98. The first-order chi connectivity index (χ1) is 18.6. The standard InChI is InChI=1S/C21H28FN2O15P/c1-6-14(25)21(24-8-7-15(26)23-17(24)28)16(27)20(22,39-21)9-34-40(31,35-10-32-18(29)37-12(2)3)36-11-33-19(30)38-13(4)5/h1,7-8,12-14,16,25,27H,9-11H2,2-5H3,(H,23,26,28)/t14-,16+,20+,21+/m0/s1. The molecular weight excluding hydrogens is 570 g/mol. The van der Waals surface area contributed by atoms with E-state index in [1.54, 1.807) is 5.92 Å². The molecule has 3 N–H and O–H groups in total. The summed E-state index contributed by atoms with van der Waals surface area (Å²) in [5.74, 6) is -1.54. The molecule has 4 atom stereocenters. The smallest absolute Gasteiger partial charge is 0.432 e. The van der Waals surface area contributed by atoms with Crippen LogP contribution in [0.4, 0.5) is 14.0 Å². The summed E-state index contributed by atoms with van der Waals surface area (Å²) in [5.41, 5.74) is -4.73. The minimum Gasteiger partial charge on any atom is -0.432 e. The van der Waals surface area contributed by atoms with Crippen molar-refractivity contribution in [2.24, 2.45) is 0 Å². The van der Waals surface area contributed by atoms with Crippen LogP contribution < -0.4 is 11.2 Å². The molecule has 1 fully saturated rings. The zero-order valence-corrected chi connectivity index (χ0v) is 22.5. The molecule has 1 aromatic heterocycles. The summed E-state index contributed by atoms with van der Waals surface area (Å²) < 4.78 is 66.8. The van der Waals surface area contributed by atoms with Crippen LogP contribution in [0.15, 0.2) is 21.9 Å². The van der Waals surface area contributed by atoms with E-state index >= 15 is 4.39 Å². The lowest BCUT2D eigenvalue weighted by Crippen LogP contribution is -2.78. The number of nitrogens with zero attached hydrogens (tertiary/aromatic N) is 1. The highest BCUT2D eigenvalue weighted by Gasteiger charge is 2.71. The molecule has 0 spiro atoms. The fraction of sp³-hybridized carbons (Fsp3) is 0.619. The van der Waals surface area contributed by atoms with E-state index in [9.17, 15) is 34.0 Å². The molecule has 19 heteroatoms. The second kappa shape index (κ2) is 13.4. The van der Waals surface area contributed by atoms with Gasteiger partial charge in [-0.2, -0.15) is 0 Å². The number of carbonyl (C=O) groups excluding carboxylic acids is 2. The van der Waals surface area contributed by atoms with E-state index in [1.807, 2.05) is 4.98 Å². The lowest BCUT2D eigenvalue weighted by atomic mass is 9.86. The first-order valence-electron chi connectivity index (χ1n) is 11.3. The number of nitrogens with one attached hydrogen (secondary N) is 1. The summed E-state index contributed by atoms with van der Waals surface area (Å²) in [6.07, 6.45) is -2.29. The molecule has 0 bridgehead atoms. The summed E-state index contributed by atoms with van der Waals surface area (Å²) in [6, 6.07) is 0.807. The highest BCUT2D eigenvalue weighted by Crippen LogP contribution is 2.54. The molecule has 224 valence electrons. The van der Waals surface area contributed by atoms with E-state index in [1.165, 1.54) is 27.7 Å². The van der Waals surface area contributed by atoms with Crippen LogP contribution in [0.5, 0.6) is 0 Å². The molecule has 0 saturated carbocycles. The van der Waals surface area contributed by atoms with Gasteiger partial charge in [-0.05, 0) is 27.7 Å². The maximum absolute atomic E-state index is 15.5. The molecule has 1 aromatic rings. The zero-order valence-electron chi connectivity index (χ0n) is 21.6. The number of hydrogen-bond donors (Lipinski definition) is 3. The highest BCUT2D eigenvalue weighted by atomic mass is 31.2. The number of H-pyrrole nitrogens is 1. The number of phosphoric ester groups is 1. The number of ether oxygens (including phenoxy) is 5. The van der Waals surface area contributed by atoms with E-state index in [-0.39, 0.29) is 0 Å². The van der Waals surface area contributed by atoms with Crippen LogP contribution in [0.3, 0.4) is 0 Å². The molecule has 0 unspecified atom stereocenters. The Hall–Kier alpha value is -3.30. The number of terminal acetylenes is 1. The molecule has 0 aliphatic carbocycles. The van der Waals surface area contributed by atoms with E-state index < -0.39 is 87.6 Å². The number of alkyl halides is 1. The van der Waals surface area contributed by atoms with Crippen LogP contribution in [0.2, 0.25) is 0 Å². The normalized spacial score (nSPS) is 23.1. The molecule has 0 aromatic carbocycles. The van der Waals surface area contributed by atoms with Crippen molar-refractivity contribution in [3.8, 4) is 12.3 Å². The highest BCUT2D eigenvalue weighted by molar-refractivity contribution is 7.48. The number of rotatable bonds is 13. The zero-order chi connectivity index (χ0) is 30.3. The van der Waals surface area contributed by atoms with Crippen LogP contribution in [0.1, 0.15) is 27.7 Å². The van der Waals surface area contributed by atoms with E-state index in [0.717, 1.165) is 12.3 Å². The molecule has 17 nitrogen and oxygen atoms in total. The monoisotopic (exact) mass is 598 g/mol. The Bertz CT molecular complexity index is 1230. The van der Waals surface area contributed by atoms with Crippen molar-refractivity contribution in [3.63, 3.8) is 0 Å². The van der Waals surface area contributed by atoms with Crippen LogP contribution >= 0.6 is 7.82 Å². The van der Waals surface area contributed by atoms with Gasteiger partial charge in [0.1, 0.15) is 6.61 Å². The summed E-state index contributed by atoms with van der Waals surface area (Å²) in [5, 5.41) is 20.9. The average Bonchev–Trinajstić information content (AvgIpc) is 2.84. The molecule has 1 saturated heterocycles. The van der Waals surface area contributed by atoms with Gasteiger partial charge in [0.2, 0.25) is 19.3 Å². The number of hydrogen-bond acceptors (Lipinski definition) is 15. The van der Waals surface area contributed by atoms with Gasteiger partial charge in [0.05, 0.1) is 12.2 Å². The van der Waals surface area contributed by atoms with Gasteiger partial charge < -0.3 is 33.9 Å². The third kappa shape index (κ3) is 7.88. The van der Waals surface area contributed by atoms with Crippen molar-refractivity contribution < 1.29 is 66.0 Å². The number of aliphatic hydroxyl groups is 2. The van der Waals surface area contributed by atoms with Gasteiger partial charge in [0.25, 0.3) is 11.4 Å². The minimum absolute atomic E-state index is 0.441. The van der Waals surface area contributed by atoms with Gasteiger partial charge in [0.15, 0.2) is 12.2 Å². The van der Waals surface area contributed by atoms with Crippen molar-refractivity contribution in [3.05, 3.63) is 33.1 Å². The fourth-order valence-corrected chi connectivity index (χ4v) is 4.00. The van der Waals surface area contributed by atoms with Gasteiger partial charge >= 0.3 is 25.8 Å². The number of phosphoric acid groups is 1. The van der Waals surface area contributed by atoms with Gasteiger partial charge in [-0.25, -0.2) is 32.4 Å². The Kier molecular flexibility index (Phi) is 11.0. The third-order valence-corrected chi connectivity index (χ3v) is 6.03. The van der Waals surface area contributed by atoms with Gasteiger partial charge in [-0.15, -0.1) is 6.42 Å². The molecule has 40 heavy (non-hydrogen) atoms. The lowest BCUT2D eigenvalue weighted by molar-refractivity contribution is -0.452. The van der Waals surface area contributed by atoms with Crippen molar-refractivity contribution >= 4 is 20.1 Å². The SMILES string of the molecule is C#C[C@H](O)[C@@]1(n2ccc(=O)[nH]c2=O)O[C@](F)(COP(=O)(OCOC(=O)OC(C)C)OCOC(=O)OC(C)C)[C@H]1O. The number of carbonyl (C=O) groups is 2. The minimum atomic E-state index is -4.98. The van der Waals surface area contributed by atoms with E-state index in [0.29, 0.717) is 4.57 Å². The predicted molar refractivity (Wildman–Crippen MR) is 126 cm³/mol. The largest absolute Gasteiger partial charge is 0.510 e. The Morgan fingerprint density at radius 3 is 2.10 bits per heavy atom. The first kappa shape index (κ1) is 32.9. The second-order valence-corrected chi connectivity index (χ2v) is 10.1. The van der Waals surface area contributed by atoms with E-state index in [4.69, 9.17) is 24.7 Å². The molecule has 1 aliphatic heterocycles.